The van der Waals surface area contributed by atoms with E-state index in [0.717, 1.165) is 30.9 Å². The Labute approximate surface area is 138 Å². The smallest absolute Gasteiger partial charge is 0.137 e. The van der Waals surface area contributed by atoms with E-state index < -0.39 is 6.10 Å². The van der Waals surface area contributed by atoms with Crippen LogP contribution in [0.3, 0.4) is 0 Å². The molecule has 5 heteroatoms. The molecule has 130 valence electrons. The minimum atomic E-state index is -0.490. The SMILES string of the molecule is CCOc1ccc(OC[C@H](O)C[NH+]2CCCC[C@H]2CCO)cc1. The second-order valence-corrected chi connectivity index (χ2v) is 6.19. The highest BCUT2D eigenvalue weighted by Crippen LogP contribution is 2.17. The lowest BCUT2D eigenvalue weighted by atomic mass is 9.99. The van der Waals surface area contributed by atoms with Crippen LogP contribution < -0.4 is 14.4 Å². The molecule has 1 fully saturated rings. The largest absolute Gasteiger partial charge is 0.494 e. The third-order valence-corrected chi connectivity index (χ3v) is 4.43. The van der Waals surface area contributed by atoms with Crippen LogP contribution in [0, 0.1) is 0 Å². The summed E-state index contributed by atoms with van der Waals surface area (Å²) in [6, 6.07) is 7.94. The Morgan fingerprint density at radius 2 is 1.87 bits per heavy atom. The van der Waals surface area contributed by atoms with E-state index in [1.807, 2.05) is 31.2 Å². The molecule has 0 bridgehead atoms. The van der Waals surface area contributed by atoms with Gasteiger partial charge in [0.1, 0.15) is 30.8 Å². The first-order chi connectivity index (χ1) is 11.2. The highest BCUT2D eigenvalue weighted by atomic mass is 16.5. The number of rotatable bonds is 9. The van der Waals surface area contributed by atoms with E-state index in [1.165, 1.54) is 17.7 Å². The second kappa shape index (κ2) is 9.75. The molecule has 0 radical (unpaired) electrons. The van der Waals surface area contributed by atoms with Gasteiger partial charge in [-0.2, -0.15) is 0 Å². The monoisotopic (exact) mass is 324 g/mol. The summed E-state index contributed by atoms with van der Waals surface area (Å²) in [5.41, 5.74) is 0. The number of hydrogen-bond acceptors (Lipinski definition) is 4. The van der Waals surface area contributed by atoms with Crippen molar-refractivity contribution in [2.75, 3.05) is 32.9 Å². The van der Waals surface area contributed by atoms with Crippen molar-refractivity contribution in [2.45, 2.75) is 44.8 Å². The lowest BCUT2D eigenvalue weighted by molar-refractivity contribution is -0.933. The molecular weight excluding hydrogens is 294 g/mol. The van der Waals surface area contributed by atoms with Gasteiger partial charge >= 0.3 is 0 Å². The fourth-order valence-electron chi connectivity index (χ4n) is 3.28. The maximum atomic E-state index is 10.3. The Hall–Kier alpha value is -1.30. The molecule has 1 aromatic carbocycles. The predicted octanol–water partition coefficient (Wildman–Crippen LogP) is 0.645. The van der Waals surface area contributed by atoms with Crippen molar-refractivity contribution in [3.8, 4) is 11.5 Å². The van der Waals surface area contributed by atoms with Crippen LogP contribution in [0.1, 0.15) is 32.6 Å². The zero-order chi connectivity index (χ0) is 16.5. The molecule has 3 N–H and O–H groups in total. The number of benzene rings is 1. The quantitative estimate of drug-likeness (QED) is 0.624. The summed E-state index contributed by atoms with van der Waals surface area (Å²) < 4.78 is 11.1. The first-order valence-electron chi connectivity index (χ1n) is 8.72. The summed E-state index contributed by atoms with van der Waals surface area (Å²) in [5.74, 6) is 1.57. The zero-order valence-corrected chi connectivity index (χ0v) is 14.0. The van der Waals surface area contributed by atoms with Gasteiger partial charge in [-0.1, -0.05) is 0 Å². The molecule has 0 aliphatic carbocycles. The molecule has 0 aromatic heterocycles. The maximum absolute atomic E-state index is 10.3. The van der Waals surface area contributed by atoms with Crippen molar-refractivity contribution in [1.82, 2.24) is 0 Å². The zero-order valence-electron chi connectivity index (χ0n) is 14.0. The van der Waals surface area contributed by atoms with Crippen LogP contribution in [0.25, 0.3) is 0 Å². The van der Waals surface area contributed by atoms with Crippen molar-refractivity contribution in [3.63, 3.8) is 0 Å². The van der Waals surface area contributed by atoms with E-state index in [9.17, 15) is 10.2 Å². The molecule has 3 atom stereocenters. The Morgan fingerprint density at radius 3 is 2.52 bits per heavy atom. The van der Waals surface area contributed by atoms with E-state index in [4.69, 9.17) is 9.47 Å². The number of likely N-dealkylation sites (tertiary alicyclic amines) is 1. The molecule has 23 heavy (non-hydrogen) atoms. The number of piperidine rings is 1. The van der Waals surface area contributed by atoms with Gasteiger partial charge < -0.3 is 24.6 Å². The molecule has 1 aliphatic rings. The molecule has 1 unspecified atom stereocenters. The van der Waals surface area contributed by atoms with Gasteiger partial charge in [-0.05, 0) is 50.5 Å². The number of aliphatic hydroxyl groups is 2. The highest BCUT2D eigenvalue weighted by Gasteiger charge is 2.27. The minimum absolute atomic E-state index is 0.229. The average Bonchev–Trinajstić information content (AvgIpc) is 2.57. The Morgan fingerprint density at radius 1 is 1.17 bits per heavy atom. The third-order valence-electron chi connectivity index (χ3n) is 4.43. The van der Waals surface area contributed by atoms with E-state index in [0.29, 0.717) is 25.8 Å². The van der Waals surface area contributed by atoms with Gasteiger partial charge in [0.15, 0.2) is 0 Å². The van der Waals surface area contributed by atoms with E-state index in [2.05, 4.69) is 0 Å². The van der Waals surface area contributed by atoms with Gasteiger partial charge in [0.2, 0.25) is 0 Å². The molecule has 2 rings (SSSR count). The minimum Gasteiger partial charge on any atom is -0.494 e. The molecular formula is C18H30NO4+. The topological polar surface area (TPSA) is 63.4 Å². The van der Waals surface area contributed by atoms with E-state index in [-0.39, 0.29) is 6.61 Å². The number of aliphatic hydroxyl groups excluding tert-OH is 2. The summed E-state index contributed by atoms with van der Waals surface area (Å²) in [6.45, 7) is 4.88. The van der Waals surface area contributed by atoms with Crippen molar-refractivity contribution < 1.29 is 24.6 Å². The summed E-state index contributed by atoms with van der Waals surface area (Å²) in [7, 11) is 0. The normalized spacial score (nSPS) is 22.6. The molecule has 5 nitrogen and oxygen atoms in total. The summed E-state index contributed by atoms with van der Waals surface area (Å²) in [6.07, 6.45) is 3.90. The van der Waals surface area contributed by atoms with E-state index >= 15 is 0 Å². The van der Waals surface area contributed by atoms with Gasteiger partial charge in [0, 0.05) is 13.0 Å². The number of ether oxygens (including phenoxy) is 2. The van der Waals surface area contributed by atoms with Crippen LogP contribution in [0.5, 0.6) is 11.5 Å². The number of hydrogen-bond donors (Lipinski definition) is 3. The average molecular weight is 324 g/mol. The fraction of sp³-hybridized carbons (Fsp3) is 0.667. The van der Waals surface area contributed by atoms with Crippen LogP contribution in [0.2, 0.25) is 0 Å². The van der Waals surface area contributed by atoms with Gasteiger partial charge in [-0.3, -0.25) is 0 Å². The maximum Gasteiger partial charge on any atom is 0.137 e. The van der Waals surface area contributed by atoms with Crippen LogP contribution in [0.15, 0.2) is 24.3 Å². The first kappa shape index (κ1) is 18.0. The molecule has 1 aliphatic heterocycles. The summed E-state index contributed by atoms with van der Waals surface area (Å²) in [4.78, 5) is 1.40. The lowest BCUT2D eigenvalue weighted by Crippen LogP contribution is -3.17. The Kier molecular flexibility index (Phi) is 7.65. The van der Waals surface area contributed by atoms with Gasteiger partial charge in [0.25, 0.3) is 0 Å². The Balaban J connectivity index is 1.76. The van der Waals surface area contributed by atoms with Crippen molar-refractivity contribution in [3.05, 3.63) is 24.3 Å². The molecule has 1 saturated heterocycles. The second-order valence-electron chi connectivity index (χ2n) is 6.19. The Bertz CT molecular complexity index is 435. The number of nitrogens with one attached hydrogen (secondary N) is 1. The lowest BCUT2D eigenvalue weighted by Gasteiger charge is -2.33. The summed E-state index contributed by atoms with van der Waals surface area (Å²) in [5, 5.41) is 19.4. The van der Waals surface area contributed by atoms with Crippen LogP contribution in [-0.2, 0) is 0 Å². The van der Waals surface area contributed by atoms with Crippen LogP contribution >= 0.6 is 0 Å². The van der Waals surface area contributed by atoms with Gasteiger partial charge in [-0.25, -0.2) is 0 Å². The van der Waals surface area contributed by atoms with Gasteiger partial charge in [-0.15, -0.1) is 0 Å². The first-order valence-corrected chi connectivity index (χ1v) is 8.72. The predicted molar refractivity (Wildman–Crippen MR) is 89.2 cm³/mol. The molecule has 0 spiro atoms. The fourth-order valence-corrected chi connectivity index (χ4v) is 3.28. The highest BCUT2D eigenvalue weighted by molar-refractivity contribution is 5.31. The molecule has 0 saturated carbocycles. The van der Waals surface area contributed by atoms with Crippen LogP contribution in [-0.4, -0.2) is 55.3 Å². The number of quaternary nitrogens is 1. The van der Waals surface area contributed by atoms with Crippen molar-refractivity contribution in [1.29, 1.82) is 0 Å². The standard InChI is InChI=1S/C18H29NO4/c1-2-22-17-6-8-18(9-7-17)23-14-16(21)13-19-11-4-3-5-15(19)10-12-20/h6-9,15-16,20-21H,2-5,10-14H2,1H3/p+1/t15-,16+/m0/s1. The van der Waals surface area contributed by atoms with Crippen molar-refractivity contribution >= 4 is 0 Å². The van der Waals surface area contributed by atoms with Crippen LogP contribution in [0.4, 0.5) is 0 Å². The molecule has 1 heterocycles. The molecule has 0 amide bonds. The third kappa shape index (κ3) is 6.01. The van der Waals surface area contributed by atoms with Crippen molar-refractivity contribution in [2.24, 2.45) is 0 Å². The van der Waals surface area contributed by atoms with E-state index in [1.54, 1.807) is 0 Å². The summed E-state index contributed by atoms with van der Waals surface area (Å²) >= 11 is 0. The molecule has 1 aromatic rings. The van der Waals surface area contributed by atoms with Gasteiger partial charge in [0.05, 0.1) is 19.2 Å².